The highest BCUT2D eigenvalue weighted by Crippen LogP contribution is 2.18. The van der Waals surface area contributed by atoms with Crippen LogP contribution in [-0.4, -0.2) is 36.0 Å². The summed E-state index contributed by atoms with van der Waals surface area (Å²) in [4.78, 5) is 25.0. The van der Waals surface area contributed by atoms with Crippen molar-refractivity contribution in [3.8, 4) is 0 Å². The van der Waals surface area contributed by atoms with E-state index < -0.39 is 11.5 Å². The highest BCUT2D eigenvalue weighted by molar-refractivity contribution is 5.84. The van der Waals surface area contributed by atoms with Crippen molar-refractivity contribution < 1.29 is 14.3 Å². The number of carbonyl (C=O) groups excluding carboxylic acids is 2. The number of amides is 2. The molecule has 0 bridgehead atoms. The van der Waals surface area contributed by atoms with E-state index >= 15 is 0 Å². The molecular formula is C15H23N3O3. The fourth-order valence-electron chi connectivity index (χ4n) is 1.85. The van der Waals surface area contributed by atoms with Crippen molar-refractivity contribution in [3.63, 3.8) is 0 Å². The summed E-state index contributed by atoms with van der Waals surface area (Å²) in [6.07, 6.45) is 0.156. The van der Waals surface area contributed by atoms with Crippen LogP contribution in [0.15, 0.2) is 24.3 Å². The maximum absolute atomic E-state index is 12.4. The molecule has 0 unspecified atom stereocenters. The Morgan fingerprint density at radius 1 is 1.29 bits per heavy atom. The predicted molar refractivity (Wildman–Crippen MR) is 81.2 cm³/mol. The summed E-state index contributed by atoms with van der Waals surface area (Å²) in [6, 6.07) is 7.21. The lowest BCUT2D eigenvalue weighted by atomic mass is 10.0. The molecule has 0 heterocycles. The minimum absolute atomic E-state index is 0.146. The molecule has 0 saturated heterocycles. The van der Waals surface area contributed by atoms with Crippen molar-refractivity contribution in [2.45, 2.75) is 32.4 Å². The number of hydrogen-bond acceptors (Lipinski definition) is 4. The van der Waals surface area contributed by atoms with Crippen molar-refractivity contribution in [1.29, 1.82) is 0 Å². The van der Waals surface area contributed by atoms with E-state index in [1.54, 1.807) is 13.2 Å². The van der Waals surface area contributed by atoms with Gasteiger partial charge in [0.05, 0.1) is 18.6 Å². The van der Waals surface area contributed by atoms with E-state index in [4.69, 9.17) is 16.2 Å². The van der Waals surface area contributed by atoms with Crippen LogP contribution in [-0.2, 0) is 20.9 Å². The SMILES string of the molecule is COC(C)(C)CC(=O)N(CC(N)=O)Cc1ccccc1N. The summed E-state index contributed by atoms with van der Waals surface area (Å²) < 4.78 is 5.25. The second-order valence-corrected chi connectivity index (χ2v) is 5.56. The first kappa shape index (κ1) is 17.0. The van der Waals surface area contributed by atoms with Crippen molar-refractivity contribution in [3.05, 3.63) is 29.8 Å². The molecule has 0 saturated carbocycles. The van der Waals surface area contributed by atoms with E-state index in [9.17, 15) is 9.59 Å². The molecule has 0 aliphatic heterocycles. The monoisotopic (exact) mass is 293 g/mol. The van der Waals surface area contributed by atoms with E-state index in [0.717, 1.165) is 5.56 Å². The minimum atomic E-state index is -0.602. The van der Waals surface area contributed by atoms with Gasteiger partial charge in [-0.3, -0.25) is 9.59 Å². The van der Waals surface area contributed by atoms with Gasteiger partial charge in [0.2, 0.25) is 11.8 Å². The van der Waals surface area contributed by atoms with Gasteiger partial charge in [-0.25, -0.2) is 0 Å². The predicted octanol–water partition coefficient (Wildman–Crippen LogP) is 0.898. The Morgan fingerprint density at radius 2 is 1.90 bits per heavy atom. The Bertz CT molecular complexity index is 515. The molecule has 0 atom stereocenters. The Balaban J connectivity index is 2.88. The topological polar surface area (TPSA) is 98.6 Å². The van der Waals surface area contributed by atoms with Crippen LogP contribution in [0.1, 0.15) is 25.8 Å². The number of primary amides is 1. The number of para-hydroxylation sites is 1. The standard InChI is InChI=1S/C15H23N3O3/c1-15(2,21-3)8-14(20)18(10-13(17)19)9-11-6-4-5-7-12(11)16/h4-7H,8-10,16H2,1-3H3,(H2,17,19). The number of methoxy groups -OCH3 is 1. The van der Waals surface area contributed by atoms with E-state index in [0.29, 0.717) is 5.69 Å². The number of rotatable bonds is 7. The zero-order valence-electron chi connectivity index (χ0n) is 12.8. The third-order valence-electron chi connectivity index (χ3n) is 3.25. The molecule has 21 heavy (non-hydrogen) atoms. The largest absolute Gasteiger partial charge is 0.398 e. The summed E-state index contributed by atoms with van der Waals surface area (Å²) in [7, 11) is 1.54. The number of anilines is 1. The second kappa shape index (κ2) is 7.08. The number of ether oxygens (including phenoxy) is 1. The molecule has 0 aromatic heterocycles. The Labute approximate surface area is 125 Å². The number of carbonyl (C=O) groups is 2. The van der Waals surface area contributed by atoms with Crippen LogP contribution in [0, 0.1) is 0 Å². The van der Waals surface area contributed by atoms with Crippen LogP contribution in [0.2, 0.25) is 0 Å². The van der Waals surface area contributed by atoms with Gasteiger partial charge < -0.3 is 21.1 Å². The molecule has 0 aliphatic rings. The number of nitrogens with two attached hydrogens (primary N) is 2. The maximum Gasteiger partial charge on any atom is 0.237 e. The summed E-state index contributed by atoms with van der Waals surface area (Å²) in [5, 5.41) is 0. The Morgan fingerprint density at radius 3 is 2.43 bits per heavy atom. The van der Waals surface area contributed by atoms with Gasteiger partial charge >= 0.3 is 0 Å². The lowest BCUT2D eigenvalue weighted by Gasteiger charge is -2.28. The molecular weight excluding hydrogens is 270 g/mol. The summed E-state index contributed by atoms with van der Waals surface area (Å²) in [5.74, 6) is -0.767. The molecule has 0 radical (unpaired) electrons. The fourth-order valence-corrected chi connectivity index (χ4v) is 1.85. The van der Waals surface area contributed by atoms with Crippen LogP contribution in [0.4, 0.5) is 5.69 Å². The average molecular weight is 293 g/mol. The molecule has 1 aromatic carbocycles. The summed E-state index contributed by atoms with van der Waals surface area (Å²) >= 11 is 0. The van der Waals surface area contributed by atoms with Crippen LogP contribution in [0.3, 0.4) is 0 Å². The van der Waals surface area contributed by atoms with Crippen molar-refractivity contribution >= 4 is 17.5 Å². The van der Waals surface area contributed by atoms with Gasteiger partial charge in [0.1, 0.15) is 0 Å². The van der Waals surface area contributed by atoms with E-state index in [-0.39, 0.29) is 25.4 Å². The molecule has 6 heteroatoms. The molecule has 2 amide bonds. The van der Waals surface area contributed by atoms with Crippen LogP contribution in [0.25, 0.3) is 0 Å². The molecule has 6 nitrogen and oxygen atoms in total. The number of nitrogens with zero attached hydrogens (tertiary/aromatic N) is 1. The molecule has 1 aromatic rings. The molecule has 0 spiro atoms. The molecule has 116 valence electrons. The minimum Gasteiger partial charge on any atom is -0.398 e. The van der Waals surface area contributed by atoms with E-state index in [1.807, 2.05) is 32.0 Å². The number of nitrogen functional groups attached to an aromatic ring is 1. The zero-order chi connectivity index (χ0) is 16.0. The Hall–Kier alpha value is -2.08. The highest BCUT2D eigenvalue weighted by atomic mass is 16.5. The molecule has 0 aliphatic carbocycles. The maximum atomic E-state index is 12.4. The van der Waals surface area contributed by atoms with Gasteiger partial charge in [-0.1, -0.05) is 18.2 Å². The first-order valence-corrected chi connectivity index (χ1v) is 6.70. The molecule has 4 N–H and O–H groups in total. The molecule has 0 fully saturated rings. The smallest absolute Gasteiger partial charge is 0.237 e. The summed E-state index contributed by atoms with van der Waals surface area (Å²) in [6.45, 7) is 3.72. The van der Waals surface area contributed by atoms with Gasteiger partial charge in [0, 0.05) is 19.3 Å². The number of hydrogen-bond donors (Lipinski definition) is 2. The first-order valence-electron chi connectivity index (χ1n) is 6.70. The third-order valence-corrected chi connectivity index (χ3v) is 3.25. The van der Waals surface area contributed by atoms with Gasteiger partial charge in [-0.2, -0.15) is 0 Å². The van der Waals surface area contributed by atoms with Crippen LogP contribution < -0.4 is 11.5 Å². The molecule has 1 rings (SSSR count). The third kappa shape index (κ3) is 5.43. The van der Waals surface area contributed by atoms with E-state index in [1.165, 1.54) is 4.90 Å². The first-order chi connectivity index (χ1) is 9.75. The highest BCUT2D eigenvalue weighted by Gasteiger charge is 2.26. The van der Waals surface area contributed by atoms with Crippen molar-refractivity contribution in [2.75, 3.05) is 19.4 Å². The van der Waals surface area contributed by atoms with Gasteiger partial charge in [0.25, 0.3) is 0 Å². The lowest BCUT2D eigenvalue weighted by Crippen LogP contribution is -2.41. The van der Waals surface area contributed by atoms with E-state index in [2.05, 4.69) is 0 Å². The average Bonchev–Trinajstić information content (AvgIpc) is 2.39. The van der Waals surface area contributed by atoms with Gasteiger partial charge in [-0.05, 0) is 25.5 Å². The van der Waals surface area contributed by atoms with Crippen molar-refractivity contribution in [1.82, 2.24) is 4.90 Å². The normalized spacial score (nSPS) is 11.2. The lowest BCUT2D eigenvalue weighted by molar-refractivity contribution is -0.140. The van der Waals surface area contributed by atoms with Gasteiger partial charge in [-0.15, -0.1) is 0 Å². The zero-order valence-corrected chi connectivity index (χ0v) is 12.8. The number of benzene rings is 1. The Kier molecular flexibility index (Phi) is 5.72. The quantitative estimate of drug-likeness (QED) is 0.730. The van der Waals surface area contributed by atoms with Gasteiger partial charge in [0.15, 0.2) is 0 Å². The van der Waals surface area contributed by atoms with Crippen molar-refractivity contribution in [2.24, 2.45) is 5.73 Å². The fraction of sp³-hybridized carbons (Fsp3) is 0.467. The summed E-state index contributed by atoms with van der Waals surface area (Å²) in [5.41, 5.74) is 11.9. The van der Waals surface area contributed by atoms with Crippen LogP contribution >= 0.6 is 0 Å². The second-order valence-electron chi connectivity index (χ2n) is 5.56. The van der Waals surface area contributed by atoms with Crippen LogP contribution in [0.5, 0.6) is 0 Å².